The minimum atomic E-state index is -1.03. The third-order valence-corrected chi connectivity index (χ3v) is 4.08. The van der Waals surface area contributed by atoms with Gasteiger partial charge < -0.3 is 24.3 Å². The van der Waals surface area contributed by atoms with Crippen LogP contribution in [-0.2, 0) is 9.53 Å². The molecule has 0 aromatic heterocycles. The SMILES string of the molecule is COc1ccc(Cl)cc1C(=O)OC(C)C(=O)Nc1ccc2c(c1)OCCO2. The molecule has 1 N–H and O–H groups in total. The summed E-state index contributed by atoms with van der Waals surface area (Å²) >= 11 is 5.92. The van der Waals surface area contributed by atoms with Crippen LogP contribution < -0.4 is 19.5 Å². The first-order valence-electron chi connectivity index (χ1n) is 8.23. The lowest BCUT2D eigenvalue weighted by Crippen LogP contribution is -2.30. The summed E-state index contributed by atoms with van der Waals surface area (Å²) in [6.07, 6.45) is -1.03. The fourth-order valence-corrected chi connectivity index (χ4v) is 2.65. The lowest BCUT2D eigenvalue weighted by Gasteiger charge is -2.19. The molecule has 142 valence electrons. The maximum Gasteiger partial charge on any atom is 0.342 e. The van der Waals surface area contributed by atoms with Gasteiger partial charge in [-0.3, -0.25) is 4.79 Å². The molecule has 27 heavy (non-hydrogen) atoms. The van der Waals surface area contributed by atoms with Crippen molar-refractivity contribution in [2.75, 3.05) is 25.6 Å². The van der Waals surface area contributed by atoms with E-state index in [1.807, 2.05) is 0 Å². The van der Waals surface area contributed by atoms with E-state index in [-0.39, 0.29) is 5.56 Å². The second-order valence-electron chi connectivity index (χ2n) is 5.74. The Morgan fingerprint density at radius 1 is 1.11 bits per heavy atom. The van der Waals surface area contributed by atoms with Crippen LogP contribution in [0.25, 0.3) is 0 Å². The van der Waals surface area contributed by atoms with Crippen LogP contribution in [0.3, 0.4) is 0 Å². The lowest BCUT2D eigenvalue weighted by atomic mass is 10.2. The molecular weight excluding hydrogens is 374 g/mol. The number of benzene rings is 2. The first-order valence-corrected chi connectivity index (χ1v) is 8.61. The number of methoxy groups -OCH3 is 1. The Hall–Kier alpha value is -2.93. The van der Waals surface area contributed by atoms with Gasteiger partial charge in [-0.05, 0) is 37.3 Å². The molecular formula is C19H18ClNO6. The van der Waals surface area contributed by atoms with Gasteiger partial charge in [0.15, 0.2) is 17.6 Å². The summed E-state index contributed by atoms with van der Waals surface area (Å²) in [7, 11) is 1.43. The van der Waals surface area contributed by atoms with Crippen LogP contribution in [-0.4, -0.2) is 38.3 Å². The molecule has 1 aliphatic rings. The van der Waals surface area contributed by atoms with Crippen molar-refractivity contribution in [1.82, 2.24) is 0 Å². The van der Waals surface area contributed by atoms with Gasteiger partial charge in [-0.1, -0.05) is 11.6 Å². The summed E-state index contributed by atoms with van der Waals surface area (Å²) in [6.45, 7) is 2.40. The van der Waals surface area contributed by atoms with Gasteiger partial charge in [-0.25, -0.2) is 4.79 Å². The Bertz CT molecular complexity index is 869. The van der Waals surface area contributed by atoms with Crippen molar-refractivity contribution in [1.29, 1.82) is 0 Å². The van der Waals surface area contributed by atoms with Crippen LogP contribution in [0.5, 0.6) is 17.2 Å². The number of halogens is 1. The second kappa shape index (κ2) is 8.18. The second-order valence-corrected chi connectivity index (χ2v) is 6.18. The van der Waals surface area contributed by atoms with Gasteiger partial charge in [0.2, 0.25) is 0 Å². The molecule has 1 amide bonds. The molecule has 1 atom stereocenters. The van der Waals surface area contributed by atoms with Crippen molar-refractivity contribution in [3.63, 3.8) is 0 Å². The highest BCUT2D eigenvalue weighted by atomic mass is 35.5. The number of rotatable bonds is 5. The van der Waals surface area contributed by atoms with Crippen molar-refractivity contribution in [2.45, 2.75) is 13.0 Å². The normalized spacial score (nSPS) is 13.4. The lowest BCUT2D eigenvalue weighted by molar-refractivity contribution is -0.123. The van der Waals surface area contributed by atoms with E-state index >= 15 is 0 Å². The zero-order chi connectivity index (χ0) is 19.4. The molecule has 0 radical (unpaired) electrons. The van der Waals surface area contributed by atoms with E-state index in [1.54, 1.807) is 30.3 Å². The highest BCUT2D eigenvalue weighted by molar-refractivity contribution is 6.31. The molecule has 0 spiro atoms. The number of ether oxygens (including phenoxy) is 4. The minimum Gasteiger partial charge on any atom is -0.496 e. The predicted molar refractivity (Wildman–Crippen MR) is 98.9 cm³/mol. The molecule has 0 aliphatic carbocycles. The fraction of sp³-hybridized carbons (Fsp3) is 0.263. The van der Waals surface area contributed by atoms with Gasteiger partial charge in [-0.2, -0.15) is 0 Å². The van der Waals surface area contributed by atoms with Gasteiger partial charge in [0.05, 0.1) is 7.11 Å². The van der Waals surface area contributed by atoms with Crippen LogP contribution in [0.4, 0.5) is 5.69 Å². The van der Waals surface area contributed by atoms with Crippen molar-refractivity contribution < 1.29 is 28.5 Å². The number of anilines is 1. The van der Waals surface area contributed by atoms with E-state index in [1.165, 1.54) is 20.1 Å². The third-order valence-electron chi connectivity index (χ3n) is 3.84. The summed E-state index contributed by atoms with van der Waals surface area (Å²) in [4.78, 5) is 24.7. The number of amides is 1. The number of carbonyl (C=O) groups is 2. The van der Waals surface area contributed by atoms with E-state index < -0.39 is 18.0 Å². The summed E-state index contributed by atoms with van der Waals surface area (Å²) in [5.74, 6) is 0.281. The monoisotopic (exact) mass is 391 g/mol. The molecule has 2 aromatic rings. The maximum absolute atomic E-state index is 12.4. The molecule has 0 saturated heterocycles. The van der Waals surface area contributed by atoms with E-state index in [2.05, 4.69) is 5.32 Å². The van der Waals surface area contributed by atoms with Gasteiger partial charge in [0.1, 0.15) is 24.5 Å². The first kappa shape index (κ1) is 18.8. The van der Waals surface area contributed by atoms with E-state index in [0.29, 0.717) is 41.2 Å². The molecule has 3 rings (SSSR count). The minimum absolute atomic E-state index is 0.143. The average Bonchev–Trinajstić information content (AvgIpc) is 2.67. The molecule has 0 fully saturated rings. The quantitative estimate of drug-likeness (QED) is 0.787. The van der Waals surface area contributed by atoms with E-state index in [0.717, 1.165) is 0 Å². The highest BCUT2D eigenvalue weighted by Gasteiger charge is 2.22. The summed E-state index contributed by atoms with van der Waals surface area (Å²) in [6, 6.07) is 9.61. The molecule has 7 nitrogen and oxygen atoms in total. The van der Waals surface area contributed by atoms with E-state index in [4.69, 9.17) is 30.5 Å². The molecule has 1 heterocycles. The zero-order valence-corrected chi connectivity index (χ0v) is 15.5. The number of hydrogen-bond donors (Lipinski definition) is 1. The van der Waals surface area contributed by atoms with Crippen molar-refractivity contribution in [3.8, 4) is 17.2 Å². The smallest absolute Gasteiger partial charge is 0.342 e. The number of hydrogen-bond acceptors (Lipinski definition) is 6. The van der Waals surface area contributed by atoms with Crippen molar-refractivity contribution >= 4 is 29.2 Å². The Morgan fingerprint density at radius 2 is 1.85 bits per heavy atom. The molecule has 1 unspecified atom stereocenters. The first-order chi connectivity index (χ1) is 13.0. The number of fused-ring (bicyclic) bond motifs is 1. The van der Waals surface area contributed by atoms with Crippen molar-refractivity contribution in [2.24, 2.45) is 0 Å². The number of esters is 1. The summed E-state index contributed by atoms with van der Waals surface area (Å²) < 4.78 is 21.3. The summed E-state index contributed by atoms with van der Waals surface area (Å²) in [5.41, 5.74) is 0.650. The van der Waals surface area contributed by atoms with Gasteiger partial charge in [0, 0.05) is 16.8 Å². The number of carbonyl (C=O) groups excluding carboxylic acids is 2. The Kier molecular flexibility index (Phi) is 5.71. The standard InChI is InChI=1S/C19H18ClNO6/c1-11(27-19(23)14-9-12(20)3-5-15(14)24-2)18(22)21-13-4-6-16-17(10-13)26-8-7-25-16/h3-6,9-11H,7-8H2,1-2H3,(H,21,22). The van der Waals surface area contributed by atoms with Crippen LogP contribution in [0.2, 0.25) is 5.02 Å². The Morgan fingerprint density at radius 3 is 2.59 bits per heavy atom. The van der Waals surface area contributed by atoms with Crippen LogP contribution in [0.15, 0.2) is 36.4 Å². The van der Waals surface area contributed by atoms with Crippen molar-refractivity contribution in [3.05, 3.63) is 47.0 Å². The summed E-state index contributed by atoms with van der Waals surface area (Å²) in [5, 5.41) is 3.04. The molecule has 0 bridgehead atoms. The van der Waals surface area contributed by atoms with Gasteiger partial charge in [-0.15, -0.1) is 0 Å². The zero-order valence-electron chi connectivity index (χ0n) is 14.8. The van der Waals surface area contributed by atoms with Crippen LogP contribution in [0, 0.1) is 0 Å². The van der Waals surface area contributed by atoms with E-state index in [9.17, 15) is 9.59 Å². The topological polar surface area (TPSA) is 83.1 Å². The predicted octanol–water partition coefficient (Wildman–Crippen LogP) is 3.30. The third kappa shape index (κ3) is 4.43. The number of nitrogens with one attached hydrogen (secondary N) is 1. The molecule has 2 aromatic carbocycles. The van der Waals surface area contributed by atoms with Gasteiger partial charge >= 0.3 is 5.97 Å². The maximum atomic E-state index is 12.4. The van der Waals surface area contributed by atoms with Gasteiger partial charge in [0.25, 0.3) is 5.91 Å². The molecule has 0 saturated carbocycles. The highest BCUT2D eigenvalue weighted by Crippen LogP contribution is 2.32. The fourth-order valence-electron chi connectivity index (χ4n) is 2.48. The largest absolute Gasteiger partial charge is 0.496 e. The Balaban J connectivity index is 1.65. The van der Waals surface area contributed by atoms with Crippen LogP contribution >= 0.6 is 11.6 Å². The molecule has 1 aliphatic heterocycles. The Labute approximate surface area is 161 Å². The van der Waals surface area contributed by atoms with Crippen LogP contribution in [0.1, 0.15) is 17.3 Å². The average molecular weight is 392 g/mol. The molecule has 8 heteroatoms.